The van der Waals surface area contributed by atoms with Crippen LogP contribution in [-0.2, 0) is 0 Å². The van der Waals surface area contributed by atoms with Crippen LogP contribution in [0, 0.1) is 0 Å². The van der Waals surface area contributed by atoms with E-state index in [1.54, 1.807) is 0 Å². The summed E-state index contributed by atoms with van der Waals surface area (Å²) in [6.07, 6.45) is 3.71. The van der Waals surface area contributed by atoms with Gasteiger partial charge in [0.2, 0.25) is 0 Å². The molecule has 3 rings (SSSR count). The molecule has 0 amide bonds. The van der Waals surface area contributed by atoms with Crippen molar-refractivity contribution in [3.8, 4) is 0 Å². The zero-order valence-corrected chi connectivity index (χ0v) is 12.6. The standard InChI is InChI=1S/C19H19N3/c1-15(22-14-20-13-16-6-3-2-4-7-16)17-9-10-19-18(12-17)8-5-11-21-19/h2-13,15,22H,14H2,1H3/b20-13+. The highest BCUT2D eigenvalue weighted by Gasteiger charge is 2.04. The predicted molar refractivity (Wildman–Crippen MR) is 92.2 cm³/mol. The summed E-state index contributed by atoms with van der Waals surface area (Å²) in [6.45, 7) is 2.75. The summed E-state index contributed by atoms with van der Waals surface area (Å²) in [5.74, 6) is 0. The van der Waals surface area contributed by atoms with E-state index >= 15 is 0 Å². The van der Waals surface area contributed by atoms with Gasteiger partial charge in [0.15, 0.2) is 0 Å². The van der Waals surface area contributed by atoms with Crippen LogP contribution in [0.25, 0.3) is 10.9 Å². The topological polar surface area (TPSA) is 37.3 Å². The van der Waals surface area contributed by atoms with Gasteiger partial charge in [0, 0.05) is 23.8 Å². The van der Waals surface area contributed by atoms with Crippen molar-refractivity contribution in [2.24, 2.45) is 4.99 Å². The summed E-state index contributed by atoms with van der Waals surface area (Å²) in [7, 11) is 0. The first-order chi connectivity index (χ1) is 10.8. The van der Waals surface area contributed by atoms with E-state index < -0.39 is 0 Å². The second-order valence-electron chi connectivity index (χ2n) is 5.26. The van der Waals surface area contributed by atoms with Crippen LogP contribution in [-0.4, -0.2) is 17.9 Å². The third kappa shape index (κ3) is 3.57. The van der Waals surface area contributed by atoms with Gasteiger partial charge in [-0.3, -0.25) is 15.3 Å². The summed E-state index contributed by atoms with van der Waals surface area (Å²) < 4.78 is 0. The highest BCUT2D eigenvalue weighted by Crippen LogP contribution is 2.18. The lowest BCUT2D eigenvalue weighted by Crippen LogP contribution is -2.18. The van der Waals surface area contributed by atoms with Gasteiger partial charge in [-0.15, -0.1) is 0 Å². The molecule has 2 aromatic carbocycles. The molecule has 1 heterocycles. The fraction of sp³-hybridized carbons (Fsp3) is 0.158. The number of nitrogens with zero attached hydrogens (tertiary/aromatic N) is 2. The van der Waals surface area contributed by atoms with Gasteiger partial charge in [-0.1, -0.05) is 42.5 Å². The first-order valence-electron chi connectivity index (χ1n) is 7.46. The summed E-state index contributed by atoms with van der Waals surface area (Å²) in [4.78, 5) is 8.77. The van der Waals surface area contributed by atoms with Crippen molar-refractivity contribution >= 4 is 17.1 Å². The molecular weight excluding hydrogens is 270 g/mol. The Morgan fingerprint density at radius 3 is 2.82 bits per heavy atom. The third-order valence-corrected chi connectivity index (χ3v) is 3.66. The molecule has 1 aromatic heterocycles. The lowest BCUT2D eigenvalue weighted by molar-refractivity contribution is 0.590. The number of aromatic nitrogens is 1. The lowest BCUT2D eigenvalue weighted by Gasteiger charge is -2.13. The first kappa shape index (κ1) is 14.4. The molecule has 1 unspecified atom stereocenters. The Morgan fingerprint density at radius 1 is 1.09 bits per heavy atom. The molecule has 0 spiro atoms. The molecule has 0 aliphatic carbocycles. The maximum Gasteiger partial charge on any atom is 0.0889 e. The van der Waals surface area contributed by atoms with Crippen LogP contribution in [0.4, 0.5) is 0 Å². The number of pyridine rings is 1. The highest BCUT2D eigenvalue weighted by atomic mass is 15.0. The summed E-state index contributed by atoms with van der Waals surface area (Å²) in [6, 6.07) is 20.8. The normalized spacial score (nSPS) is 12.8. The Bertz CT molecular complexity index is 766. The average Bonchev–Trinajstić information content (AvgIpc) is 2.59. The molecule has 0 radical (unpaired) electrons. The first-order valence-corrected chi connectivity index (χ1v) is 7.46. The minimum absolute atomic E-state index is 0.248. The van der Waals surface area contributed by atoms with Gasteiger partial charge in [0.25, 0.3) is 0 Å². The molecule has 0 aliphatic heterocycles. The molecule has 0 aliphatic rings. The predicted octanol–water partition coefficient (Wildman–Crippen LogP) is 3.96. The fourth-order valence-corrected chi connectivity index (χ4v) is 2.36. The van der Waals surface area contributed by atoms with Crippen molar-refractivity contribution in [3.05, 3.63) is 78.0 Å². The summed E-state index contributed by atoms with van der Waals surface area (Å²) >= 11 is 0. The SMILES string of the molecule is CC(NC/N=C/c1ccccc1)c1ccc2ncccc2c1. The molecule has 0 saturated heterocycles. The molecule has 0 saturated carbocycles. The van der Waals surface area contributed by atoms with Gasteiger partial charge in [0.05, 0.1) is 12.2 Å². The molecule has 1 atom stereocenters. The highest BCUT2D eigenvalue weighted by molar-refractivity contribution is 5.79. The van der Waals surface area contributed by atoms with Gasteiger partial charge < -0.3 is 0 Å². The maximum atomic E-state index is 4.42. The van der Waals surface area contributed by atoms with Gasteiger partial charge >= 0.3 is 0 Å². The third-order valence-electron chi connectivity index (χ3n) is 3.66. The molecule has 3 nitrogen and oxygen atoms in total. The van der Waals surface area contributed by atoms with Crippen molar-refractivity contribution in [2.45, 2.75) is 13.0 Å². The maximum absolute atomic E-state index is 4.42. The molecule has 0 fully saturated rings. The fourth-order valence-electron chi connectivity index (χ4n) is 2.36. The largest absolute Gasteiger partial charge is 0.292 e. The molecule has 22 heavy (non-hydrogen) atoms. The lowest BCUT2D eigenvalue weighted by atomic mass is 10.1. The summed E-state index contributed by atoms with van der Waals surface area (Å²) in [5.41, 5.74) is 3.39. The second kappa shape index (κ2) is 6.96. The molecule has 0 bridgehead atoms. The van der Waals surface area contributed by atoms with E-state index in [4.69, 9.17) is 0 Å². The number of aliphatic imine (C=N–C) groups is 1. The Balaban J connectivity index is 1.61. The van der Waals surface area contributed by atoms with Crippen LogP contribution in [0.3, 0.4) is 0 Å². The molecule has 3 heteroatoms. The molecule has 1 N–H and O–H groups in total. The van der Waals surface area contributed by atoms with Crippen LogP contribution in [0.2, 0.25) is 0 Å². The van der Waals surface area contributed by atoms with Crippen molar-refractivity contribution < 1.29 is 0 Å². The molecule has 110 valence electrons. The Hall–Kier alpha value is -2.52. The van der Waals surface area contributed by atoms with Gasteiger partial charge in [-0.25, -0.2) is 0 Å². The number of nitrogens with one attached hydrogen (secondary N) is 1. The van der Waals surface area contributed by atoms with E-state index in [-0.39, 0.29) is 6.04 Å². The van der Waals surface area contributed by atoms with Gasteiger partial charge in [0.1, 0.15) is 0 Å². The number of fused-ring (bicyclic) bond motifs is 1. The van der Waals surface area contributed by atoms with Crippen molar-refractivity contribution in [1.82, 2.24) is 10.3 Å². The average molecular weight is 289 g/mol. The Morgan fingerprint density at radius 2 is 1.95 bits per heavy atom. The van der Waals surface area contributed by atoms with Crippen molar-refractivity contribution in [3.63, 3.8) is 0 Å². The minimum Gasteiger partial charge on any atom is -0.292 e. The smallest absolute Gasteiger partial charge is 0.0889 e. The van der Waals surface area contributed by atoms with E-state index in [2.05, 4.69) is 46.5 Å². The number of benzene rings is 2. The monoisotopic (exact) mass is 289 g/mol. The van der Waals surface area contributed by atoms with Crippen LogP contribution >= 0.6 is 0 Å². The van der Waals surface area contributed by atoms with Crippen molar-refractivity contribution in [1.29, 1.82) is 0 Å². The molecular formula is C19H19N3. The van der Waals surface area contributed by atoms with E-state index in [9.17, 15) is 0 Å². The quantitative estimate of drug-likeness (QED) is 0.722. The van der Waals surface area contributed by atoms with Crippen LogP contribution in [0.1, 0.15) is 24.1 Å². The Labute approximate surface area is 130 Å². The van der Waals surface area contributed by atoms with Gasteiger partial charge in [-0.2, -0.15) is 0 Å². The zero-order valence-electron chi connectivity index (χ0n) is 12.6. The Kier molecular flexibility index (Phi) is 4.56. The van der Waals surface area contributed by atoms with E-state index in [1.807, 2.05) is 48.8 Å². The molecule has 3 aromatic rings. The van der Waals surface area contributed by atoms with Crippen LogP contribution < -0.4 is 5.32 Å². The van der Waals surface area contributed by atoms with Crippen LogP contribution in [0.15, 0.2) is 71.9 Å². The zero-order chi connectivity index (χ0) is 15.2. The van der Waals surface area contributed by atoms with E-state index in [0.717, 1.165) is 11.1 Å². The van der Waals surface area contributed by atoms with E-state index in [1.165, 1.54) is 10.9 Å². The summed E-state index contributed by atoms with van der Waals surface area (Å²) in [5, 5.41) is 4.58. The van der Waals surface area contributed by atoms with E-state index in [0.29, 0.717) is 6.67 Å². The van der Waals surface area contributed by atoms with Crippen LogP contribution in [0.5, 0.6) is 0 Å². The van der Waals surface area contributed by atoms with Crippen molar-refractivity contribution in [2.75, 3.05) is 6.67 Å². The number of rotatable bonds is 5. The van der Waals surface area contributed by atoms with Gasteiger partial charge in [-0.05, 0) is 36.2 Å². The minimum atomic E-state index is 0.248. The second-order valence-corrected chi connectivity index (χ2v) is 5.26. The number of hydrogen-bond acceptors (Lipinski definition) is 3. The number of hydrogen-bond donors (Lipinski definition) is 1.